The zero-order chi connectivity index (χ0) is 13.9. The molecule has 0 saturated heterocycles. The zero-order valence-electron chi connectivity index (χ0n) is 11.9. The lowest BCUT2D eigenvalue weighted by molar-refractivity contribution is 0.304. The smallest absolute Gasteiger partial charge is 0.240 e. The molecule has 19 heavy (non-hydrogen) atoms. The van der Waals surface area contributed by atoms with E-state index in [1.165, 1.54) is 0 Å². The Labute approximate surface area is 117 Å². The molecule has 0 unspecified atom stereocenters. The highest BCUT2D eigenvalue weighted by Crippen LogP contribution is 2.27. The van der Waals surface area contributed by atoms with Gasteiger partial charge in [-0.1, -0.05) is 19.0 Å². The van der Waals surface area contributed by atoms with Gasteiger partial charge in [0.2, 0.25) is 5.89 Å². The summed E-state index contributed by atoms with van der Waals surface area (Å²) in [4.78, 5) is 8.88. The van der Waals surface area contributed by atoms with Gasteiger partial charge in [0.05, 0.1) is 12.1 Å². The van der Waals surface area contributed by atoms with Crippen LogP contribution in [0.1, 0.15) is 49.6 Å². The van der Waals surface area contributed by atoms with Crippen LogP contribution in [0, 0.1) is 6.92 Å². The van der Waals surface area contributed by atoms with Crippen molar-refractivity contribution in [2.45, 2.75) is 52.6 Å². The van der Waals surface area contributed by atoms with Crippen molar-refractivity contribution >= 4 is 11.3 Å². The Morgan fingerprint density at radius 2 is 2.16 bits per heavy atom. The van der Waals surface area contributed by atoms with Crippen LogP contribution in [-0.4, -0.2) is 15.1 Å². The minimum absolute atomic E-state index is 0.153. The van der Waals surface area contributed by atoms with E-state index in [9.17, 15) is 0 Å². The summed E-state index contributed by atoms with van der Waals surface area (Å²) in [6.07, 6.45) is 1.74. The van der Waals surface area contributed by atoms with Gasteiger partial charge in [-0.3, -0.25) is 5.32 Å². The third kappa shape index (κ3) is 3.19. The summed E-state index contributed by atoms with van der Waals surface area (Å²) in [6, 6.07) is 0. The second-order valence-corrected chi connectivity index (χ2v) is 5.65. The number of aromatic nitrogens is 3. The van der Waals surface area contributed by atoms with Crippen LogP contribution in [0.4, 0.5) is 0 Å². The molecule has 0 fully saturated rings. The van der Waals surface area contributed by atoms with Gasteiger partial charge in [0.1, 0.15) is 5.01 Å². The molecule has 2 aromatic heterocycles. The van der Waals surface area contributed by atoms with Crippen molar-refractivity contribution in [1.29, 1.82) is 0 Å². The van der Waals surface area contributed by atoms with Crippen LogP contribution in [0.25, 0.3) is 0 Å². The van der Waals surface area contributed by atoms with E-state index >= 15 is 0 Å². The van der Waals surface area contributed by atoms with Crippen molar-refractivity contribution < 1.29 is 4.52 Å². The predicted octanol–water partition coefficient (Wildman–Crippen LogP) is 2.81. The molecule has 0 aliphatic heterocycles. The Hall–Kier alpha value is -1.27. The average Bonchev–Trinajstić information content (AvgIpc) is 3.05. The molecule has 6 heteroatoms. The van der Waals surface area contributed by atoms with Gasteiger partial charge in [-0.25, -0.2) is 4.98 Å². The number of hydrogen-bond acceptors (Lipinski definition) is 6. The van der Waals surface area contributed by atoms with Crippen LogP contribution in [-0.2, 0) is 18.5 Å². The fourth-order valence-corrected chi connectivity index (χ4v) is 2.74. The lowest BCUT2D eigenvalue weighted by atomic mass is 10.00. The molecule has 2 rings (SSSR count). The van der Waals surface area contributed by atoms with Gasteiger partial charge >= 0.3 is 0 Å². The molecule has 0 aromatic carbocycles. The van der Waals surface area contributed by atoms with Gasteiger partial charge in [0.15, 0.2) is 5.82 Å². The van der Waals surface area contributed by atoms with E-state index in [0.29, 0.717) is 12.4 Å². The third-order valence-electron chi connectivity index (χ3n) is 3.25. The fourth-order valence-electron chi connectivity index (χ4n) is 1.74. The number of hydrogen-bond donors (Lipinski definition) is 1. The second kappa shape index (κ2) is 5.79. The van der Waals surface area contributed by atoms with Gasteiger partial charge in [0.25, 0.3) is 0 Å². The first-order valence-electron chi connectivity index (χ1n) is 6.56. The lowest BCUT2D eigenvalue weighted by Crippen LogP contribution is -2.38. The first kappa shape index (κ1) is 14.1. The molecule has 0 saturated carbocycles. The molecule has 5 nitrogen and oxygen atoms in total. The topological polar surface area (TPSA) is 63.8 Å². The Morgan fingerprint density at radius 1 is 1.37 bits per heavy atom. The number of rotatable bonds is 6. The number of nitrogens with zero attached hydrogens (tertiary/aromatic N) is 3. The molecule has 0 amide bonds. The van der Waals surface area contributed by atoms with Crippen molar-refractivity contribution in [3.63, 3.8) is 0 Å². The van der Waals surface area contributed by atoms with E-state index in [1.54, 1.807) is 11.3 Å². The summed E-state index contributed by atoms with van der Waals surface area (Å²) in [6.45, 7) is 8.89. The molecule has 0 aliphatic carbocycles. The van der Waals surface area contributed by atoms with Gasteiger partial charge in [-0.05, 0) is 20.3 Å². The molecule has 2 heterocycles. The van der Waals surface area contributed by atoms with Gasteiger partial charge < -0.3 is 4.52 Å². The number of thiazole rings is 1. The SMILES string of the molecule is CCc1noc(CN[C@@](C)(CC)c2nc(C)cs2)n1. The molecule has 1 atom stereocenters. The summed E-state index contributed by atoms with van der Waals surface area (Å²) in [7, 11) is 0. The maximum Gasteiger partial charge on any atom is 0.240 e. The molecule has 0 radical (unpaired) electrons. The summed E-state index contributed by atoms with van der Waals surface area (Å²) in [5, 5.41) is 10.6. The largest absolute Gasteiger partial charge is 0.338 e. The third-order valence-corrected chi connectivity index (χ3v) is 4.48. The predicted molar refractivity (Wildman–Crippen MR) is 75.0 cm³/mol. The van der Waals surface area contributed by atoms with Crippen LogP contribution in [0.5, 0.6) is 0 Å². The minimum Gasteiger partial charge on any atom is -0.338 e. The van der Waals surface area contributed by atoms with Crippen molar-refractivity contribution in [3.8, 4) is 0 Å². The van der Waals surface area contributed by atoms with Crippen molar-refractivity contribution in [3.05, 3.63) is 27.8 Å². The van der Waals surface area contributed by atoms with Crippen molar-refractivity contribution in [2.75, 3.05) is 0 Å². The fraction of sp³-hybridized carbons (Fsp3) is 0.615. The van der Waals surface area contributed by atoms with Crippen molar-refractivity contribution in [2.24, 2.45) is 0 Å². The number of aryl methyl sites for hydroxylation is 2. The second-order valence-electron chi connectivity index (χ2n) is 4.79. The molecular formula is C13H20N4OS. The first-order chi connectivity index (χ1) is 9.07. The van der Waals surface area contributed by atoms with E-state index in [0.717, 1.165) is 29.4 Å². The maximum atomic E-state index is 5.20. The van der Waals surface area contributed by atoms with Crippen molar-refractivity contribution in [1.82, 2.24) is 20.4 Å². The van der Waals surface area contributed by atoms with Gasteiger partial charge in [0, 0.05) is 17.5 Å². The summed E-state index contributed by atoms with van der Waals surface area (Å²) >= 11 is 1.69. The summed E-state index contributed by atoms with van der Waals surface area (Å²) < 4.78 is 5.20. The Morgan fingerprint density at radius 3 is 2.68 bits per heavy atom. The Bertz CT molecular complexity index is 536. The quantitative estimate of drug-likeness (QED) is 0.881. The maximum absolute atomic E-state index is 5.20. The monoisotopic (exact) mass is 280 g/mol. The van der Waals surface area contributed by atoms with Crippen LogP contribution < -0.4 is 5.32 Å². The highest BCUT2D eigenvalue weighted by molar-refractivity contribution is 7.09. The zero-order valence-corrected chi connectivity index (χ0v) is 12.7. The Balaban J connectivity index is 2.06. The van der Waals surface area contributed by atoms with E-state index in [-0.39, 0.29) is 5.54 Å². The lowest BCUT2D eigenvalue weighted by Gasteiger charge is -2.26. The van der Waals surface area contributed by atoms with Crippen LogP contribution in [0.15, 0.2) is 9.90 Å². The molecule has 0 bridgehead atoms. The molecule has 2 aromatic rings. The van der Waals surface area contributed by atoms with Crippen LogP contribution in [0.2, 0.25) is 0 Å². The standard InChI is InChI=1S/C13H20N4OS/c1-5-10-16-11(18-17-10)7-14-13(4,6-2)12-15-9(3)8-19-12/h8,14H,5-7H2,1-4H3/t13-/m0/s1. The first-order valence-corrected chi connectivity index (χ1v) is 7.44. The normalized spacial score (nSPS) is 14.5. The molecule has 0 aliphatic rings. The molecule has 0 spiro atoms. The van der Waals surface area contributed by atoms with Crippen LogP contribution >= 0.6 is 11.3 Å². The highest BCUT2D eigenvalue weighted by atomic mass is 32.1. The van der Waals surface area contributed by atoms with E-state index in [4.69, 9.17) is 4.52 Å². The number of nitrogens with one attached hydrogen (secondary N) is 1. The van der Waals surface area contributed by atoms with E-state index in [1.807, 2.05) is 13.8 Å². The van der Waals surface area contributed by atoms with E-state index < -0.39 is 0 Å². The molecule has 1 N–H and O–H groups in total. The highest BCUT2D eigenvalue weighted by Gasteiger charge is 2.27. The molecular weight excluding hydrogens is 260 g/mol. The summed E-state index contributed by atoms with van der Waals surface area (Å²) in [5.41, 5.74) is 0.910. The van der Waals surface area contributed by atoms with Gasteiger partial charge in [-0.2, -0.15) is 4.98 Å². The summed E-state index contributed by atoms with van der Waals surface area (Å²) in [5.74, 6) is 1.38. The average molecular weight is 280 g/mol. The Kier molecular flexibility index (Phi) is 4.31. The van der Waals surface area contributed by atoms with Gasteiger partial charge in [-0.15, -0.1) is 11.3 Å². The molecule has 104 valence electrons. The minimum atomic E-state index is -0.153. The van der Waals surface area contributed by atoms with Crippen LogP contribution in [0.3, 0.4) is 0 Å². The van der Waals surface area contributed by atoms with E-state index in [2.05, 4.69) is 39.7 Å².